The highest BCUT2D eigenvalue weighted by Crippen LogP contribution is 2.13. The summed E-state index contributed by atoms with van der Waals surface area (Å²) < 4.78 is 46.1. The number of nitrogens with zero attached hydrogens (tertiary/aromatic N) is 2. The molecule has 0 saturated carbocycles. The van der Waals surface area contributed by atoms with Crippen molar-refractivity contribution in [2.24, 2.45) is 5.14 Å². The van der Waals surface area contributed by atoms with E-state index in [1.165, 1.54) is 32.4 Å². The summed E-state index contributed by atoms with van der Waals surface area (Å²) in [6.45, 7) is 0.378. The minimum Gasteiger partial charge on any atom is -0.370 e. The fourth-order valence-electron chi connectivity index (χ4n) is 1.34. The Balaban J connectivity index is 2.60. The van der Waals surface area contributed by atoms with E-state index in [0.717, 1.165) is 4.31 Å². The Kier molecular flexibility index (Phi) is 5.45. The van der Waals surface area contributed by atoms with Gasteiger partial charge in [0, 0.05) is 26.8 Å². The molecule has 0 aromatic carbocycles. The van der Waals surface area contributed by atoms with Crippen molar-refractivity contribution in [3.63, 3.8) is 0 Å². The van der Waals surface area contributed by atoms with Crippen LogP contribution in [0.3, 0.4) is 0 Å². The van der Waals surface area contributed by atoms with E-state index in [0.29, 0.717) is 18.8 Å². The van der Waals surface area contributed by atoms with Gasteiger partial charge in [0.05, 0.1) is 5.75 Å². The highest BCUT2D eigenvalue weighted by Gasteiger charge is 2.17. The summed E-state index contributed by atoms with van der Waals surface area (Å²) in [5.74, 6) is 0.352. The Hall–Kier alpha value is -1.23. The number of aromatic nitrogens is 1. The summed E-state index contributed by atoms with van der Waals surface area (Å²) in [6.07, 6.45) is 1.59. The number of sulfonamides is 2. The van der Waals surface area contributed by atoms with Crippen molar-refractivity contribution in [2.75, 3.05) is 31.7 Å². The molecule has 20 heavy (non-hydrogen) atoms. The number of nitrogens with one attached hydrogen (secondary N) is 1. The molecule has 8 nitrogen and oxygen atoms in total. The third-order valence-corrected chi connectivity index (χ3v) is 5.08. The molecule has 0 amide bonds. The number of primary sulfonamides is 1. The second kappa shape index (κ2) is 6.48. The van der Waals surface area contributed by atoms with Crippen LogP contribution in [0.15, 0.2) is 23.2 Å². The fourth-order valence-corrected chi connectivity index (χ4v) is 2.73. The summed E-state index contributed by atoms with van der Waals surface area (Å²) in [5.41, 5.74) is 0. The smallest absolute Gasteiger partial charge is 0.244 e. The highest BCUT2D eigenvalue weighted by atomic mass is 32.2. The van der Waals surface area contributed by atoms with E-state index in [-0.39, 0.29) is 10.6 Å². The van der Waals surface area contributed by atoms with Gasteiger partial charge in [0.1, 0.15) is 10.7 Å². The average Bonchev–Trinajstić information content (AvgIpc) is 2.34. The summed E-state index contributed by atoms with van der Waals surface area (Å²) in [7, 11) is -4.07. The third-order valence-electron chi connectivity index (χ3n) is 2.43. The largest absolute Gasteiger partial charge is 0.370 e. The lowest BCUT2D eigenvalue weighted by Crippen LogP contribution is -2.22. The van der Waals surface area contributed by atoms with Crippen LogP contribution >= 0.6 is 0 Å². The van der Waals surface area contributed by atoms with Gasteiger partial charge in [-0.15, -0.1) is 0 Å². The number of rotatable bonds is 7. The molecule has 0 saturated heterocycles. The number of pyridine rings is 1. The molecular formula is C10H18N4O4S2. The molecule has 10 heteroatoms. The van der Waals surface area contributed by atoms with Gasteiger partial charge in [-0.2, -0.15) is 0 Å². The Bertz CT molecular complexity index is 638. The van der Waals surface area contributed by atoms with Gasteiger partial charge < -0.3 is 5.32 Å². The molecule has 0 unspecified atom stereocenters. The molecule has 0 aliphatic carbocycles. The van der Waals surface area contributed by atoms with Crippen LogP contribution in [0.5, 0.6) is 0 Å². The molecule has 1 rings (SSSR count). The van der Waals surface area contributed by atoms with Crippen LogP contribution in [-0.4, -0.2) is 52.5 Å². The van der Waals surface area contributed by atoms with Crippen molar-refractivity contribution in [3.05, 3.63) is 18.3 Å². The second-order valence-electron chi connectivity index (χ2n) is 4.31. The van der Waals surface area contributed by atoms with E-state index in [2.05, 4.69) is 10.3 Å². The van der Waals surface area contributed by atoms with Gasteiger partial charge >= 0.3 is 0 Å². The minimum absolute atomic E-state index is 0.0950. The van der Waals surface area contributed by atoms with Crippen LogP contribution in [-0.2, 0) is 20.0 Å². The molecule has 1 heterocycles. The highest BCUT2D eigenvalue weighted by molar-refractivity contribution is 7.89. The molecule has 0 aliphatic rings. The molecule has 0 bridgehead atoms. The SMILES string of the molecule is CN(C)S(=O)(=O)c1ccc(NCCCS(N)(=O)=O)nc1. The normalized spacial score (nSPS) is 12.6. The zero-order chi connectivity index (χ0) is 15.4. The van der Waals surface area contributed by atoms with E-state index in [4.69, 9.17) is 5.14 Å². The molecule has 1 aromatic heterocycles. The van der Waals surface area contributed by atoms with Crippen molar-refractivity contribution in [1.29, 1.82) is 0 Å². The molecule has 3 N–H and O–H groups in total. The maximum absolute atomic E-state index is 11.8. The van der Waals surface area contributed by atoms with Crippen molar-refractivity contribution < 1.29 is 16.8 Å². The van der Waals surface area contributed by atoms with E-state index >= 15 is 0 Å². The zero-order valence-electron chi connectivity index (χ0n) is 11.3. The molecule has 114 valence electrons. The summed E-state index contributed by atoms with van der Waals surface area (Å²) >= 11 is 0. The van der Waals surface area contributed by atoms with Gasteiger partial charge in [0.25, 0.3) is 0 Å². The lowest BCUT2D eigenvalue weighted by molar-refractivity contribution is 0.520. The predicted molar refractivity (Wildman–Crippen MR) is 76.2 cm³/mol. The van der Waals surface area contributed by atoms with E-state index < -0.39 is 20.0 Å². The van der Waals surface area contributed by atoms with Crippen molar-refractivity contribution >= 4 is 25.9 Å². The maximum atomic E-state index is 11.8. The summed E-state index contributed by atoms with van der Waals surface area (Å²) in [5, 5.41) is 7.75. The Morgan fingerprint density at radius 3 is 2.35 bits per heavy atom. The van der Waals surface area contributed by atoms with Gasteiger partial charge in [-0.25, -0.2) is 31.3 Å². The van der Waals surface area contributed by atoms with E-state index in [9.17, 15) is 16.8 Å². The van der Waals surface area contributed by atoms with E-state index in [1.54, 1.807) is 0 Å². The lowest BCUT2D eigenvalue weighted by atomic mass is 10.4. The molecule has 0 spiro atoms. The summed E-state index contributed by atoms with van der Waals surface area (Å²) in [4.78, 5) is 4.06. The molecule has 1 aromatic rings. The monoisotopic (exact) mass is 322 g/mol. The Morgan fingerprint density at radius 1 is 1.25 bits per heavy atom. The topological polar surface area (TPSA) is 122 Å². The van der Waals surface area contributed by atoms with E-state index in [1.807, 2.05) is 0 Å². The maximum Gasteiger partial charge on any atom is 0.244 e. The number of hydrogen-bond acceptors (Lipinski definition) is 6. The second-order valence-corrected chi connectivity index (χ2v) is 8.20. The first-order valence-corrected chi connectivity index (χ1v) is 8.91. The third kappa shape index (κ3) is 5.04. The Morgan fingerprint density at radius 2 is 1.90 bits per heavy atom. The first-order chi connectivity index (χ1) is 9.13. The van der Waals surface area contributed by atoms with Crippen LogP contribution in [0, 0.1) is 0 Å². The molecule has 0 fully saturated rings. The number of hydrogen-bond donors (Lipinski definition) is 2. The predicted octanol–water partition coefficient (Wildman–Crippen LogP) is -0.578. The van der Waals surface area contributed by atoms with Crippen LogP contribution in [0.1, 0.15) is 6.42 Å². The van der Waals surface area contributed by atoms with Crippen LogP contribution in [0.4, 0.5) is 5.82 Å². The first-order valence-electron chi connectivity index (χ1n) is 5.76. The molecular weight excluding hydrogens is 304 g/mol. The first kappa shape index (κ1) is 16.8. The van der Waals surface area contributed by atoms with Gasteiger partial charge in [-0.05, 0) is 18.6 Å². The molecule has 0 atom stereocenters. The van der Waals surface area contributed by atoms with Gasteiger partial charge in [0.2, 0.25) is 20.0 Å². The van der Waals surface area contributed by atoms with Crippen molar-refractivity contribution in [1.82, 2.24) is 9.29 Å². The standard InChI is InChI=1S/C10H18N4O4S2/c1-14(2)20(17,18)9-4-5-10(13-8-9)12-6-3-7-19(11,15)16/h4-5,8H,3,6-7H2,1-2H3,(H,12,13)(H2,11,15,16). The van der Waals surface area contributed by atoms with Crippen molar-refractivity contribution in [2.45, 2.75) is 11.3 Å². The van der Waals surface area contributed by atoms with Gasteiger partial charge in [-0.3, -0.25) is 0 Å². The van der Waals surface area contributed by atoms with Gasteiger partial charge in [0.15, 0.2) is 0 Å². The quantitative estimate of drug-likeness (QED) is 0.648. The minimum atomic E-state index is -3.49. The zero-order valence-corrected chi connectivity index (χ0v) is 12.9. The molecule has 0 radical (unpaired) electrons. The molecule has 0 aliphatic heterocycles. The lowest BCUT2D eigenvalue weighted by Gasteiger charge is -2.11. The van der Waals surface area contributed by atoms with Crippen molar-refractivity contribution in [3.8, 4) is 0 Å². The van der Waals surface area contributed by atoms with Gasteiger partial charge in [-0.1, -0.05) is 0 Å². The number of anilines is 1. The fraction of sp³-hybridized carbons (Fsp3) is 0.500. The Labute approximate surface area is 119 Å². The van der Waals surface area contributed by atoms with Crippen LogP contribution in [0.25, 0.3) is 0 Å². The summed E-state index contributed by atoms with van der Waals surface area (Å²) in [6, 6.07) is 2.96. The van der Waals surface area contributed by atoms with Crippen LogP contribution < -0.4 is 10.5 Å². The number of nitrogens with two attached hydrogens (primary N) is 1. The average molecular weight is 322 g/mol. The van der Waals surface area contributed by atoms with Crippen LogP contribution in [0.2, 0.25) is 0 Å².